The fourth-order valence-corrected chi connectivity index (χ4v) is 2.54. The maximum absolute atomic E-state index is 13.5. The van der Waals surface area contributed by atoms with E-state index >= 15 is 0 Å². The zero-order chi connectivity index (χ0) is 9.42. The van der Waals surface area contributed by atoms with E-state index in [2.05, 4.69) is 15.9 Å². The van der Waals surface area contributed by atoms with Crippen LogP contribution in [-0.4, -0.2) is 0 Å². The van der Waals surface area contributed by atoms with Gasteiger partial charge in [0.05, 0.1) is 10.4 Å². The van der Waals surface area contributed by atoms with E-state index in [-0.39, 0.29) is 11.5 Å². The number of alkyl halides is 1. The molecule has 1 heterocycles. The van der Waals surface area contributed by atoms with Gasteiger partial charge in [0.1, 0.15) is 0 Å². The Labute approximate surface area is 87.5 Å². The number of hydrogen-bond acceptors (Lipinski definition) is 2. The lowest BCUT2D eigenvalue weighted by atomic mass is 10.1. The Morgan fingerprint density at radius 3 is 3.00 bits per heavy atom. The number of anilines is 1. The van der Waals surface area contributed by atoms with Crippen molar-refractivity contribution >= 4 is 43.0 Å². The van der Waals surface area contributed by atoms with Gasteiger partial charge in [-0.3, -0.25) is 0 Å². The first-order valence-corrected chi connectivity index (χ1v) is 5.74. The van der Waals surface area contributed by atoms with Crippen LogP contribution in [0.5, 0.6) is 0 Å². The van der Waals surface area contributed by atoms with Crippen LogP contribution in [0.3, 0.4) is 0 Å². The molecule has 0 fully saturated rings. The zero-order valence-electron chi connectivity index (χ0n) is 6.68. The van der Waals surface area contributed by atoms with E-state index in [9.17, 15) is 4.39 Å². The van der Waals surface area contributed by atoms with Crippen LogP contribution < -0.4 is 5.73 Å². The summed E-state index contributed by atoms with van der Waals surface area (Å²) in [6.45, 7) is 0. The normalized spacial score (nSPS) is 10.9. The van der Waals surface area contributed by atoms with E-state index < -0.39 is 0 Å². The summed E-state index contributed by atoms with van der Waals surface area (Å²) in [6, 6.07) is 3.81. The van der Waals surface area contributed by atoms with Crippen LogP contribution in [0.25, 0.3) is 10.1 Å². The van der Waals surface area contributed by atoms with Crippen molar-refractivity contribution in [3.8, 4) is 0 Å². The van der Waals surface area contributed by atoms with Crippen LogP contribution in [0.1, 0.15) is 5.56 Å². The average molecular weight is 260 g/mol. The van der Waals surface area contributed by atoms with Crippen LogP contribution in [0.15, 0.2) is 17.5 Å². The summed E-state index contributed by atoms with van der Waals surface area (Å²) in [4.78, 5) is 0. The summed E-state index contributed by atoms with van der Waals surface area (Å²) >= 11 is 4.65. The molecule has 0 aliphatic carbocycles. The molecule has 68 valence electrons. The summed E-state index contributed by atoms with van der Waals surface area (Å²) in [5.74, 6) is -0.290. The summed E-state index contributed by atoms with van der Waals surface area (Å²) in [5, 5.41) is 3.37. The predicted molar refractivity (Wildman–Crippen MR) is 58.8 cm³/mol. The third kappa shape index (κ3) is 1.34. The standard InChI is InChI=1S/C9H7BrFNS/c10-4-6-3-5-1-2-13-9(5)7(11)8(6)12/h1-3H,4,12H2. The molecule has 0 atom stereocenters. The van der Waals surface area contributed by atoms with Gasteiger partial charge in [-0.05, 0) is 28.5 Å². The van der Waals surface area contributed by atoms with Crippen molar-refractivity contribution in [1.29, 1.82) is 0 Å². The smallest absolute Gasteiger partial charge is 0.164 e. The van der Waals surface area contributed by atoms with Crippen molar-refractivity contribution in [2.45, 2.75) is 5.33 Å². The minimum atomic E-state index is -0.290. The second kappa shape index (κ2) is 3.27. The highest BCUT2D eigenvalue weighted by Crippen LogP contribution is 2.31. The van der Waals surface area contributed by atoms with Gasteiger partial charge in [-0.15, -0.1) is 11.3 Å². The second-order valence-electron chi connectivity index (χ2n) is 2.74. The highest BCUT2D eigenvalue weighted by atomic mass is 79.9. The van der Waals surface area contributed by atoms with Crippen molar-refractivity contribution in [1.82, 2.24) is 0 Å². The first-order valence-electron chi connectivity index (χ1n) is 3.74. The molecule has 0 bridgehead atoms. The van der Waals surface area contributed by atoms with E-state index in [4.69, 9.17) is 5.73 Å². The van der Waals surface area contributed by atoms with Crippen LogP contribution in [0.4, 0.5) is 10.1 Å². The first kappa shape index (κ1) is 8.97. The lowest BCUT2D eigenvalue weighted by Gasteiger charge is -2.03. The van der Waals surface area contributed by atoms with E-state index in [1.807, 2.05) is 17.5 Å². The van der Waals surface area contributed by atoms with Gasteiger partial charge < -0.3 is 5.73 Å². The molecule has 0 aliphatic rings. The molecule has 13 heavy (non-hydrogen) atoms. The van der Waals surface area contributed by atoms with Gasteiger partial charge in [-0.2, -0.15) is 0 Å². The molecule has 1 nitrogen and oxygen atoms in total. The molecule has 0 amide bonds. The molecule has 0 unspecified atom stereocenters. The maximum atomic E-state index is 13.5. The molecule has 2 rings (SSSR count). The first-order chi connectivity index (χ1) is 6.24. The van der Waals surface area contributed by atoms with Gasteiger partial charge in [-0.1, -0.05) is 15.9 Å². The lowest BCUT2D eigenvalue weighted by Crippen LogP contribution is -1.95. The van der Waals surface area contributed by atoms with Crippen molar-refractivity contribution in [2.75, 3.05) is 5.73 Å². The molecule has 0 saturated carbocycles. The number of halogens is 2. The predicted octanol–water partition coefficient (Wildman–Crippen LogP) is 3.52. The molecule has 0 spiro atoms. The Morgan fingerprint density at radius 2 is 2.31 bits per heavy atom. The number of fused-ring (bicyclic) bond motifs is 1. The SMILES string of the molecule is Nc1c(CBr)cc2ccsc2c1F. The van der Waals surface area contributed by atoms with Crippen LogP contribution >= 0.6 is 27.3 Å². The van der Waals surface area contributed by atoms with Gasteiger partial charge in [0.2, 0.25) is 0 Å². The molecule has 0 radical (unpaired) electrons. The number of hydrogen-bond donors (Lipinski definition) is 1. The fourth-order valence-electron chi connectivity index (χ4n) is 1.25. The third-order valence-electron chi connectivity index (χ3n) is 1.95. The minimum absolute atomic E-state index is 0.256. The largest absolute Gasteiger partial charge is 0.396 e. The fraction of sp³-hybridized carbons (Fsp3) is 0.111. The Bertz CT molecular complexity index is 452. The van der Waals surface area contributed by atoms with Gasteiger partial charge >= 0.3 is 0 Å². The number of benzene rings is 1. The third-order valence-corrected chi connectivity index (χ3v) is 3.48. The van der Waals surface area contributed by atoms with Gasteiger partial charge in [-0.25, -0.2) is 4.39 Å². The molecule has 2 aromatic rings. The number of rotatable bonds is 1. The molecule has 0 aliphatic heterocycles. The Kier molecular flexibility index (Phi) is 2.26. The molecular weight excluding hydrogens is 253 g/mol. The summed E-state index contributed by atoms with van der Waals surface area (Å²) < 4.78 is 14.2. The number of nitrogens with two attached hydrogens (primary N) is 1. The number of nitrogen functional groups attached to an aromatic ring is 1. The van der Waals surface area contributed by atoms with Gasteiger partial charge in [0.25, 0.3) is 0 Å². The monoisotopic (exact) mass is 259 g/mol. The van der Waals surface area contributed by atoms with Crippen LogP contribution in [-0.2, 0) is 5.33 Å². The van der Waals surface area contributed by atoms with Gasteiger partial charge in [0, 0.05) is 5.33 Å². The van der Waals surface area contributed by atoms with E-state index in [1.165, 1.54) is 11.3 Å². The quantitative estimate of drug-likeness (QED) is 0.616. The van der Waals surface area contributed by atoms with E-state index in [0.717, 1.165) is 10.9 Å². The highest BCUT2D eigenvalue weighted by molar-refractivity contribution is 9.08. The average Bonchev–Trinajstić information content (AvgIpc) is 2.59. The Balaban J connectivity index is 2.83. The highest BCUT2D eigenvalue weighted by Gasteiger charge is 2.10. The summed E-state index contributed by atoms with van der Waals surface area (Å²) in [7, 11) is 0. The molecule has 0 saturated heterocycles. The Morgan fingerprint density at radius 1 is 1.54 bits per heavy atom. The van der Waals surface area contributed by atoms with E-state index in [1.54, 1.807) is 0 Å². The lowest BCUT2D eigenvalue weighted by molar-refractivity contribution is 0.645. The topological polar surface area (TPSA) is 26.0 Å². The molecular formula is C9H7BrFNS. The van der Waals surface area contributed by atoms with Crippen LogP contribution in [0, 0.1) is 5.82 Å². The Hall–Kier alpha value is -0.610. The molecule has 2 N–H and O–H groups in total. The maximum Gasteiger partial charge on any atom is 0.164 e. The van der Waals surface area contributed by atoms with Crippen molar-refractivity contribution < 1.29 is 4.39 Å². The minimum Gasteiger partial charge on any atom is -0.396 e. The van der Waals surface area contributed by atoms with Crippen molar-refractivity contribution in [2.24, 2.45) is 0 Å². The zero-order valence-corrected chi connectivity index (χ0v) is 9.08. The van der Waals surface area contributed by atoms with Crippen LogP contribution in [0.2, 0.25) is 0 Å². The van der Waals surface area contributed by atoms with Crippen molar-refractivity contribution in [3.05, 3.63) is 28.9 Å². The molecule has 1 aromatic carbocycles. The molecule has 1 aromatic heterocycles. The van der Waals surface area contributed by atoms with E-state index in [0.29, 0.717) is 10.0 Å². The summed E-state index contributed by atoms with van der Waals surface area (Å²) in [6.07, 6.45) is 0. The van der Waals surface area contributed by atoms with Crippen molar-refractivity contribution in [3.63, 3.8) is 0 Å². The number of thiophene rings is 1. The molecule has 4 heteroatoms. The summed E-state index contributed by atoms with van der Waals surface area (Å²) in [5.41, 5.74) is 6.69. The second-order valence-corrected chi connectivity index (χ2v) is 4.21. The van der Waals surface area contributed by atoms with Gasteiger partial charge in [0.15, 0.2) is 5.82 Å².